The van der Waals surface area contributed by atoms with Crippen LogP contribution in [0.2, 0.25) is 5.02 Å². The van der Waals surface area contributed by atoms with Gasteiger partial charge in [-0.2, -0.15) is 13.2 Å². The van der Waals surface area contributed by atoms with Gasteiger partial charge in [-0.1, -0.05) is 11.6 Å². The molecule has 8 heteroatoms. The zero-order valence-electron chi connectivity index (χ0n) is 12.2. The highest BCUT2D eigenvalue weighted by Crippen LogP contribution is 2.33. The number of hydrogen-bond acceptors (Lipinski definition) is 2. The van der Waals surface area contributed by atoms with Crippen LogP contribution in [-0.4, -0.2) is 12.5 Å². The summed E-state index contributed by atoms with van der Waals surface area (Å²) in [5.41, 5.74) is -0.935. The van der Waals surface area contributed by atoms with E-state index in [1.807, 2.05) is 6.92 Å². The normalized spacial score (nSPS) is 12.9. The maximum absolute atomic E-state index is 12.7. The first-order chi connectivity index (χ1) is 10.8. The van der Waals surface area contributed by atoms with Crippen LogP contribution in [0, 0.1) is 0 Å². The number of hydrogen-bond donors (Lipinski definition) is 2. The highest BCUT2D eigenvalue weighted by atomic mass is 35.5. The van der Waals surface area contributed by atoms with Crippen LogP contribution in [0.25, 0.3) is 0 Å². The maximum atomic E-state index is 12.7. The topological polar surface area (TPSA) is 58.9 Å². The molecule has 1 heterocycles. The minimum absolute atomic E-state index is 0.0223. The number of anilines is 1. The summed E-state index contributed by atoms with van der Waals surface area (Å²) in [6.45, 7) is 1.87. The number of nitrogens with two attached hydrogens (primary N) is 1. The highest BCUT2D eigenvalue weighted by Gasteiger charge is 2.31. The molecular formula is C15H15ClF3N2O2+. The fourth-order valence-corrected chi connectivity index (χ4v) is 2.11. The molecule has 0 spiro atoms. The van der Waals surface area contributed by atoms with Crippen molar-refractivity contribution in [1.29, 1.82) is 0 Å². The van der Waals surface area contributed by atoms with Gasteiger partial charge in [0.15, 0.2) is 12.3 Å². The molecule has 1 atom stereocenters. The average molecular weight is 348 g/mol. The molecule has 0 aliphatic rings. The summed E-state index contributed by atoms with van der Waals surface area (Å²) < 4.78 is 43.2. The Hall–Kier alpha value is -1.99. The lowest BCUT2D eigenvalue weighted by atomic mass is 10.2. The monoisotopic (exact) mass is 347 g/mol. The van der Waals surface area contributed by atoms with Gasteiger partial charge < -0.3 is 15.1 Å². The molecule has 4 nitrogen and oxygen atoms in total. The van der Waals surface area contributed by atoms with Crippen molar-refractivity contribution in [2.75, 3.05) is 11.9 Å². The number of rotatable bonds is 5. The molecule has 2 aromatic rings. The van der Waals surface area contributed by atoms with E-state index in [9.17, 15) is 18.0 Å². The van der Waals surface area contributed by atoms with Gasteiger partial charge in [0.25, 0.3) is 5.91 Å². The molecule has 0 unspecified atom stereocenters. The predicted molar refractivity (Wildman–Crippen MR) is 79.0 cm³/mol. The van der Waals surface area contributed by atoms with Crippen molar-refractivity contribution in [3.8, 4) is 0 Å². The van der Waals surface area contributed by atoms with Gasteiger partial charge in [0, 0.05) is 0 Å². The molecule has 1 amide bonds. The standard InChI is InChI=1S/C15H14ClF3N2O2/c1-9(13-3-2-6-23-13)20-8-14(22)21-12-7-10(15(17,18)19)4-5-11(12)16/h2-7,9,20H,8H2,1H3,(H,21,22)/p+1/t9-/m0/s1. The molecule has 1 aromatic heterocycles. The molecule has 2 rings (SSSR count). The predicted octanol–water partition coefficient (Wildman–Crippen LogP) is 3.21. The Morgan fingerprint density at radius 2 is 2.13 bits per heavy atom. The minimum Gasteiger partial charge on any atom is -0.463 e. The van der Waals surface area contributed by atoms with Crippen molar-refractivity contribution >= 4 is 23.2 Å². The first kappa shape index (κ1) is 17.4. The van der Waals surface area contributed by atoms with E-state index in [0.29, 0.717) is 5.76 Å². The number of carbonyl (C=O) groups excluding carboxylic acids is 1. The fourth-order valence-electron chi connectivity index (χ4n) is 1.95. The van der Waals surface area contributed by atoms with E-state index in [1.165, 1.54) is 6.26 Å². The average Bonchev–Trinajstić information content (AvgIpc) is 3.00. The molecule has 23 heavy (non-hydrogen) atoms. The van der Waals surface area contributed by atoms with Crippen molar-refractivity contribution < 1.29 is 27.7 Å². The van der Waals surface area contributed by atoms with E-state index < -0.39 is 17.6 Å². The molecule has 0 radical (unpaired) electrons. The molecule has 1 aromatic carbocycles. The molecule has 0 bridgehead atoms. The summed E-state index contributed by atoms with van der Waals surface area (Å²) in [6, 6.07) is 6.21. The van der Waals surface area contributed by atoms with Crippen molar-refractivity contribution in [1.82, 2.24) is 0 Å². The molecule has 0 saturated heterocycles. The van der Waals surface area contributed by atoms with Crippen LogP contribution in [0.3, 0.4) is 0 Å². The maximum Gasteiger partial charge on any atom is 0.416 e. The first-order valence-corrected chi connectivity index (χ1v) is 7.18. The van der Waals surface area contributed by atoms with Gasteiger partial charge in [-0.25, -0.2) is 0 Å². The SMILES string of the molecule is C[C@H]([NH2+]CC(=O)Nc1cc(C(F)(F)F)ccc1Cl)c1ccco1. The van der Waals surface area contributed by atoms with Gasteiger partial charge in [-0.3, -0.25) is 4.79 Å². The number of carbonyl (C=O) groups is 1. The van der Waals surface area contributed by atoms with E-state index in [-0.39, 0.29) is 23.3 Å². The van der Waals surface area contributed by atoms with Gasteiger partial charge in [0.1, 0.15) is 6.04 Å². The number of amides is 1. The van der Waals surface area contributed by atoms with Crippen molar-refractivity contribution in [3.05, 3.63) is 52.9 Å². The zero-order chi connectivity index (χ0) is 17.0. The third kappa shape index (κ3) is 4.74. The Balaban J connectivity index is 1.97. The van der Waals surface area contributed by atoms with Crippen LogP contribution < -0.4 is 10.6 Å². The van der Waals surface area contributed by atoms with Crippen LogP contribution in [-0.2, 0) is 11.0 Å². The van der Waals surface area contributed by atoms with Crippen molar-refractivity contribution in [2.24, 2.45) is 0 Å². The van der Waals surface area contributed by atoms with E-state index in [4.69, 9.17) is 16.0 Å². The second-order valence-corrected chi connectivity index (χ2v) is 5.39. The van der Waals surface area contributed by atoms with Gasteiger partial charge in [-0.15, -0.1) is 0 Å². The number of alkyl halides is 3. The summed E-state index contributed by atoms with van der Waals surface area (Å²) in [7, 11) is 0. The summed E-state index contributed by atoms with van der Waals surface area (Å²) in [5.74, 6) is 0.250. The van der Waals surface area contributed by atoms with Gasteiger partial charge >= 0.3 is 6.18 Å². The van der Waals surface area contributed by atoms with Crippen LogP contribution >= 0.6 is 11.6 Å². The Morgan fingerprint density at radius 3 is 2.74 bits per heavy atom. The Labute approximate surface area is 135 Å². The van der Waals surface area contributed by atoms with Gasteiger partial charge in [0.05, 0.1) is 22.5 Å². The molecule has 0 aliphatic carbocycles. The van der Waals surface area contributed by atoms with Gasteiger partial charge in [-0.05, 0) is 37.3 Å². The van der Waals surface area contributed by atoms with E-state index in [0.717, 1.165) is 18.2 Å². The first-order valence-electron chi connectivity index (χ1n) is 6.80. The number of halogens is 4. The smallest absolute Gasteiger partial charge is 0.416 e. The van der Waals surface area contributed by atoms with E-state index in [1.54, 1.807) is 17.4 Å². The molecule has 124 valence electrons. The molecule has 0 saturated carbocycles. The third-order valence-corrected chi connectivity index (χ3v) is 3.55. The Morgan fingerprint density at radius 1 is 1.39 bits per heavy atom. The lowest BCUT2D eigenvalue weighted by Crippen LogP contribution is -2.86. The summed E-state index contributed by atoms with van der Waals surface area (Å²) in [6.07, 6.45) is -2.97. The van der Waals surface area contributed by atoms with Crippen LogP contribution in [0.4, 0.5) is 18.9 Å². The fraction of sp³-hybridized carbons (Fsp3) is 0.267. The van der Waals surface area contributed by atoms with Crippen molar-refractivity contribution in [2.45, 2.75) is 19.1 Å². The Kier molecular flexibility index (Phi) is 5.33. The van der Waals surface area contributed by atoms with Crippen LogP contribution in [0.15, 0.2) is 41.0 Å². The number of furan rings is 1. The molecule has 3 N–H and O–H groups in total. The molecular weight excluding hydrogens is 333 g/mol. The summed E-state index contributed by atoms with van der Waals surface area (Å²) in [4.78, 5) is 11.9. The minimum atomic E-state index is -4.50. The lowest BCUT2D eigenvalue weighted by molar-refractivity contribution is -0.684. The zero-order valence-corrected chi connectivity index (χ0v) is 12.9. The number of quaternary nitrogens is 1. The number of benzene rings is 1. The Bertz CT molecular complexity index is 672. The molecule has 0 fully saturated rings. The summed E-state index contributed by atoms with van der Waals surface area (Å²) in [5, 5.41) is 4.14. The highest BCUT2D eigenvalue weighted by molar-refractivity contribution is 6.33. The summed E-state index contributed by atoms with van der Waals surface area (Å²) >= 11 is 5.83. The van der Waals surface area contributed by atoms with Crippen LogP contribution in [0.5, 0.6) is 0 Å². The molecule has 0 aliphatic heterocycles. The quantitative estimate of drug-likeness (QED) is 0.872. The number of nitrogens with one attached hydrogen (secondary N) is 1. The van der Waals surface area contributed by atoms with Gasteiger partial charge in [0.2, 0.25) is 0 Å². The van der Waals surface area contributed by atoms with Crippen molar-refractivity contribution in [3.63, 3.8) is 0 Å². The second kappa shape index (κ2) is 7.06. The second-order valence-electron chi connectivity index (χ2n) is 4.98. The third-order valence-electron chi connectivity index (χ3n) is 3.22. The van der Waals surface area contributed by atoms with E-state index in [2.05, 4.69) is 5.32 Å². The lowest BCUT2D eigenvalue weighted by Gasteiger charge is -2.12. The van der Waals surface area contributed by atoms with Crippen LogP contribution in [0.1, 0.15) is 24.3 Å². The largest absolute Gasteiger partial charge is 0.463 e. The van der Waals surface area contributed by atoms with E-state index >= 15 is 0 Å².